The Morgan fingerprint density at radius 2 is 2.00 bits per heavy atom. The van der Waals surface area contributed by atoms with Crippen molar-refractivity contribution in [2.75, 3.05) is 6.54 Å². The van der Waals surface area contributed by atoms with Crippen molar-refractivity contribution in [1.29, 1.82) is 0 Å². The monoisotopic (exact) mass is 337 g/mol. The maximum atomic E-state index is 13.0. The van der Waals surface area contributed by atoms with Crippen LogP contribution in [0.4, 0.5) is 0 Å². The first kappa shape index (κ1) is 16.8. The van der Waals surface area contributed by atoms with Crippen molar-refractivity contribution in [3.8, 4) is 0 Å². The van der Waals surface area contributed by atoms with Crippen LogP contribution in [0.2, 0.25) is 0 Å². The van der Waals surface area contributed by atoms with Gasteiger partial charge in [-0.25, -0.2) is 18.4 Å². The van der Waals surface area contributed by atoms with Gasteiger partial charge in [0.15, 0.2) is 0 Å². The Bertz CT molecular complexity index is 675. The Balaban J connectivity index is 1.77. The van der Waals surface area contributed by atoms with Crippen LogP contribution in [0.3, 0.4) is 0 Å². The summed E-state index contributed by atoms with van der Waals surface area (Å²) in [4.78, 5) is 8.87. The summed E-state index contributed by atoms with van der Waals surface area (Å²) in [5, 5.41) is -0.218. The molecule has 2 heterocycles. The molecular weight excluding hydrogens is 310 g/mol. The fourth-order valence-electron chi connectivity index (χ4n) is 3.59. The van der Waals surface area contributed by atoms with Gasteiger partial charge in [-0.15, -0.1) is 0 Å². The Morgan fingerprint density at radius 1 is 1.30 bits per heavy atom. The lowest BCUT2D eigenvalue weighted by molar-refractivity contribution is 0.240. The van der Waals surface area contributed by atoms with E-state index in [1.54, 1.807) is 4.31 Å². The Kier molecular flexibility index (Phi) is 4.49. The first-order valence-electron chi connectivity index (χ1n) is 8.64. The first-order chi connectivity index (χ1) is 10.8. The Labute approximate surface area is 139 Å². The smallest absolute Gasteiger partial charge is 0.217 e. The van der Waals surface area contributed by atoms with E-state index in [9.17, 15) is 8.42 Å². The van der Waals surface area contributed by atoms with Crippen LogP contribution < -0.4 is 0 Å². The zero-order chi connectivity index (χ0) is 16.7. The van der Waals surface area contributed by atoms with Gasteiger partial charge in [-0.2, -0.15) is 4.31 Å². The molecule has 3 rings (SSSR count). The minimum Gasteiger partial charge on any atom is -0.241 e. The molecule has 0 unspecified atom stereocenters. The normalized spacial score (nSPS) is 22.7. The minimum atomic E-state index is -3.22. The molecule has 128 valence electrons. The van der Waals surface area contributed by atoms with Gasteiger partial charge in [-0.1, -0.05) is 20.8 Å². The van der Waals surface area contributed by atoms with Crippen LogP contribution in [-0.2, 0) is 29.4 Å². The van der Waals surface area contributed by atoms with E-state index in [1.165, 1.54) is 0 Å². The number of sulfonamides is 1. The molecule has 1 aliphatic carbocycles. The number of fused-ring (bicyclic) bond motifs is 1. The summed E-state index contributed by atoms with van der Waals surface area (Å²) in [6, 6.07) is 0. The molecule has 0 aromatic carbocycles. The molecule has 1 saturated carbocycles. The predicted octanol–water partition coefficient (Wildman–Crippen LogP) is 2.70. The van der Waals surface area contributed by atoms with Gasteiger partial charge in [-0.3, -0.25) is 0 Å². The summed E-state index contributed by atoms with van der Waals surface area (Å²) in [6.45, 7) is 7.45. The molecule has 0 N–H and O–H groups in total. The standard InChI is InChI=1S/C17H27N3O2S/c1-4-16-18-11-13-7-10-20(12-15(13)19-16)23(21,22)14-5-8-17(2,3)9-6-14/h11,14H,4-10,12H2,1-3H3. The molecule has 5 nitrogen and oxygen atoms in total. The molecule has 0 atom stereocenters. The first-order valence-corrected chi connectivity index (χ1v) is 10.1. The summed E-state index contributed by atoms with van der Waals surface area (Å²) < 4.78 is 27.7. The number of nitrogens with zero attached hydrogens (tertiary/aromatic N) is 3. The average molecular weight is 337 g/mol. The van der Waals surface area contributed by atoms with Gasteiger partial charge in [0.05, 0.1) is 17.5 Å². The van der Waals surface area contributed by atoms with E-state index in [-0.39, 0.29) is 10.7 Å². The summed E-state index contributed by atoms with van der Waals surface area (Å²) >= 11 is 0. The molecule has 0 bridgehead atoms. The van der Waals surface area contributed by atoms with Crippen LogP contribution in [0.5, 0.6) is 0 Å². The van der Waals surface area contributed by atoms with Gasteiger partial charge >= 0.3 is 0 Å². The fraction of sp³-hybridized carbons (Fsp3) is 0.765. The number of aromatic nitrogens is 2. The third-order valence-electron chi connectivity index (χ3n) is 5.34. The summed E-state index contributed by atoms with van der Waals surface area (Å²) in [5.74, 6) is 0.794. The van der Waals surface area contributed by atoms with Gasteiger partial charge in [0.25, 0.3) is 0 Å². The molecule has 1 aromatic rings. The molecule has 0 radical (unpaired) electrons. The number of hydrogen-bond acceptors (Lipinski definition) is 4. The SMILES string of the molecule is CCc1ncc2c(n1)CN(S(=O)(=O)C1CCC(C)(C)CC1)CC2. The van der Waals surface area contributed by atoms with Crippen LogP contribution in [0.25, 0.3) is 0 Å². The third-order valence-corrected chi connectivity index (χ3v) is 7.69. The van der Waals surface area contributed by atoms with Gasteiger partial charge < -0.3 is 0 Å². The second-order valence-corrected chi connectivity index (χ2v) is 9.82. The van der Waals surface area contributed by atoms with Gasteiger partial charge in [0, 0.05) is 19.2 Å². The van der Waals surface area contributed by atoms with Crippen molar-refractivity contribution in [1.82, 2.24) is 14.3 Å². The van der Waals surface area contributed by atoms with Crippen molar-refractivity contribution in [3.05, 3.63) is 23.3 Å². The van der Waals surface area contributed by atoms with E-state index < -0.39 is 10.0 Å². The maximum Gasteiger partial charge on any atom is 0.217 e. The number of hydrogen-bond donors (Lipinski definition) is 0. The van der Waals surface area contributed by atoms with E-state index in [0.717, 1.165) is 55.6 Å². The molecule has 6 heteroatoms. The molecule has 0 spiro atoms. The summed E-state index contributed by atoms with van der Waals surface area (Å²) in [5.41, 5.74) is 2.27. The highest BCUT2D eigenvalue weighted by Gasteiger charge is 2.38. The van der Waals surface area contributed by atoms with Crippen molar-refractivity contribution in [3.63, 3.8) is 0 Å². The molecule has 0 amide bonds. The second-order valence-electron chi connectivity index (χ2n) is 7.60. The van der Waals surface area contributed by atoms with E-state index >= 15 is 0 Å². The van der Waals surface area contributed by atoms with Crippen LogP contribution in [0.1, 0.15) is 63.5 Å². The quantitative estimate of drug-likeness (QED) is 0.851. The molecule has 2 aliphatic rings. The lowest BCUT2D eigenvalue weighted by atomic mass is 9.77. The topological polar surface area (TPSA) is 63.2 Å². The van der Waals surface area contributed by atoms with Crippen LogP contribution in [0.15, 0.2) is 6.20 Å². The third kappa shape index (κ3) is 3.43. The van der Waals surface area contributed by atoms with Crippen LogP contribution in [-0.4, -0.2) is 34.5 Å². The minimum absolute atomic E-state index is 0.218. The molecule has 1 fully saturated rings. The zero-order valence-corrected chi connectivity index (χ0v) is 15.2. The molecular formula is C17H27N3O2S. The lowest BCUT2D eigenvalue weighted by Gasteiger charge is -2.37. The highest BCUT2D eigenvalue weighted by Crippen LogP contribution is 2.38. The van der Waals surface area contributed by atoms with Crippen LogP contribution in [0, 0.1) is 5.41 Å². The Hall–Kier alpha value is -1.01. The zero-order valence-electron chi connectivity index (χ0n) is 14.4. The molecule has 1 aliphatic heterocycles. The van der Waals surface area contributed by atoms with E-state index in [0.29, 0.717) is 13.1 Å². The number of aryl methyl sites for hydroxylation is 1. The molecule has 23 heavy (non-hydrogen) atoms. The Morgan fingerprint density at radius 3 is 2.65 bits per heavy atom. The van der Waals surface area contributed by atoms with Crippen LogP contribution >= 0.6 is 0 Å². The second kappa shape index (κ2) is 6.13. The average Bonchev–Trinajstić information content (AvgIpc) is 2.53. The predicted molar refractivity (Wildman–Crippen MR) is 90.5 cm³/mol. The molecule has 0 saturated heterocycles. The van der Waals surface area contributed by atoms with Crippen molar-refractivity contribution < 1.29 is 8.42 Å². The van der Waals surface area contributed by atoms with E-state index in [2.05, 4.69) is 23.8 Å². The number of rotatable bonds is 3. The van der Waals surface area contributed by atoms with E-state index in [1.807, 2.05) is 13.1 Å². The van der Waals surface area contributed by atoms with Crippen molar-refractivity contribution in [2.45, 2.75) is 71.1 Å². The largest absolute Gasteiger partial charge is 0.241 e. The van der Waals surface area contributed by atoms with Gasteiger partial charge in [0.1, 0.15) is 5.82 Å². The van der Waals surface area contributed by atoms with Gasteiger partial charge in [0.2, 0.25) is 10.0 Å². The molecule has 1 aromatic heterocycles. The van der Waals surface area contributed by atoms with Gasteiger partial charge in [-0.05, 0) is 43.1 Å². The highest BCUT2D eigenvalue weighted by molar-refractivity contribution is 7.89. The lowest BCUT2D eigenvalue weighted by Crippen LogP contribution is -2.44. The summed E-state index contributed by atoms with van der Waals surface area (Å²) in [7, 11) is -3.22. The van der Waals surface area contributed by atoms with E-state index in [4.69, 9.17) is 0 Å². The highest BCUT2D eigenvalue weighted by atomic mass is 32.2. The maximum absolute atomic E-state index is 13.0. The summed E-state index contributed by atoms with van der Waals surface area (Å²) in [6.07, 6.45) is 6.90. The van der Waals surface area contributed by atoms with Crippen molar-refractivity contribution in [2.24, 2.45) is 5.41 Å². The van der Waals surface area contributed by atoms with Crippen molar-refractivity contribution >= 4 is 10.0 Å². The fourth-order valence-corrected chi connectivity index (χ4v) is 5.49.